The van der Waals surface area contributed by atoms with E-state index in [1.807, 2.05) is 13.0 Å². The molecule has 1 aliphatic heterocycles. The van der Waals surface area contributed by atoms with Gasteiger partial charge in [0.2, 0.25) is 0 Å². The molecule has 3 rings (SSSR count). The molecule has 2 heteroatoms. The van der Waals surface area contributed by atoms with Crippen LogP contribution in [0, 0.1) is 18.7 Å². The first-order valence-corrected chi connectivity index (χ1v) is 6.75. The van der Waals surface area contributed by atoms with Crippen LogP contribution in [0.1, 0.15) is 29.7 Å². The van der Waals surface area contributed by atoms with Crippen LogP contribution in [-0.2, 0) is 6.42 Å². The van der Waals surface area contributed by atoms with E-state index in [2.05, 4.69) is 36.5 Å². The van der Waals surface area contributed by atoms with E-state index in [1.54, 1.807) is 12.1 Å². The standard InChI is InChI=1S/C17H18FN/c1-11-7-14(10-15(18)8-11)17-12(2)9-13-5-3-4-6-16(13)19-17/h3-8,10,12,17,19H,9H2,1-2H3. The lowest BCUT2D eigenvalue weighted by atomic mass is 9.84. The molecule has 2 atom stereocenters. The minimum absolute atomic E-state index is 0.150. The number of benzene rings is 2. The molecule has 0 saturated heterocycles. The lowest BCUT2D eigenvalue weighted by molar-refractivity contribution is 0.476. The van der Waals surface area contributed by atoms with Crippen molar-refractivity contribution in [2.45, 2.75) is 26.3 Å². The second-order valence-corrected chi connectivity index (χ2v) is 5.52. The Hall–Kier alpha value is -1.83. The summed E-state index contributed by atoms with van der Waals surface area (Å²) < 4.78 is 13.6. The molecule has 2 aromatic rings. The van der Waals surface area contributed by atoms with Gasteiger partial charge in [-0.2, -0.15) is 0 Å². The SMILES string of the molecule is Cc1cc(F)cc(C2Nc3ccccc3CC2C)c1. The fourth-order valence-electron chi connectivity index (χ4n) is 2.97. The van der Waals surface area contributed by atoms with Gasteiger partial charge in [-0.05, 0) is 54.2 Å². The van der Waals surface area contributed by atoms with Crippen molar-refractivity contribution in [1.29, 1.82) is 0 Å². The lowest BCUT2D eigenvalue weighted by Crippen LogP contribution is -2.26. The number of rotatable bonds is 1. The van der Waals surface area contributed by atoms with Crippen LogP contribution in [0.25, 0.3) is 0 Å². The molecule has 0 saturated carbocycles. The van der Waals surface area contributed by atoms with Crippen molar-refractivity contribution in [3.63, 3.8) is 0 Å². The molecular formula is C17H18FN. The monoisotopic (exact) mass is 255 g/mol. The fraction of sp³-hybridized carbons (Fsp3) is 0.294. The van der Waals surface area contributed by atoms with Gasteiger partial charge in [0.05, 0.1) is 6.04 Å². The van der Waals surface area contributed by atoms with Crippen molar-refractivity contribution in [3.05, 3.63) is 65.0 Å². The summed E-state index contributed by atoms with van der Waals surface area (Å²) in [6.45, 7) is 4.15. The smallest absolute Gasteiger partial charge is 0.123 e. The maximum atomic E-state index is 13.6. The summed E-state index contributed by atoms with van der Waals surface area (Å²) in [5.41, 5.74) is 4.54. The third kappa shape index (κ3) is 2.35. The topological polar surface area (TPSA) is 12.0 Å². The van der Waals surface area contributed by atoms with E-state index in [9.17, 15) is 4.39 Å². The molecule has 2 unspecified atom stereocenters. The Balaban J connectivity index is 1.98. The molecule has 1 N–H and O–H groups in total. The van der Waals surface area contributed by atoms with Crippen molar-refractivity contribution < 1.29 is 4.39 Å². The zero-order chi connectivity index (χ0) is 13.4. The van der Waals surface area contributed by atoms with E-state index in [4.69, 9.17) is 0 Å². The molecule has 0 aromatic heterocycles. The maximum absolute atomic E-state index is 13.6. The predicted octanol–water partition coefficient (Wildman–Crippen LogP) is 4.48. The van der Waals surface area contributed by atoms with Gasteiger partial charge < -0.3 is 5.32 Å². The zero-order valence-corrected chi connectivity index (χ0v) is 11.3. The van der Waals surface area contributed by atoms with E-state index in [-0.39, 0.29) is 11.9 Å². The Morgan fingerprint density at radius 3 is 2.74 bits per heavy atom. The van der Waals surface area contributed by atoms with Crippen LogP contribution in [0.5, 0.6) is 0 Å². The summed E-state index contributed by atoms with van der Waals surface area (Å²) in [4.78, 5) is 0. The van der Waals surface area contributed by atoms with Crippen LogP contribution in [0.15, 0.2) is 42.5 Å². The maximum Gasteiger partial charge on any atom is 0.123 e. The number of hydrogen-bond donors (Lipinski definition) is 1. The Morgan fingerprint density at radius 2 is 1.95 bits per heavy atom. The first-order chi connectivity index (χ1) is 9.13. The van der Waals surface area contributed by atoms with Crippen LogP contribution in [0.2, 0.25) is 0 Å². The molecule has 0 radical (unpaired) electrons. The molecular weight excluding hydrogens is 237 g/mol. The minimum Gasteiger partial charge on any atom is -0.378 e. The number of fused-ring (bicyclic) bond motifs is 1. The molecule has 1 heterocycles. The molecule has 0 bridgehead atoms. The second-order valence-electron chi connectivity index (χ2n) is 5.52. The average Bonchev–Trinajstić information content (AvgIpc) is 2.36. The highest BCUT2D eigenvalue weighted by molar-refractivity contribution is 5.55. The van der Waals surface area contributed by atoms with Gasteiger partial charge in [-0.25, -0.2) is 4.39 Å². The molecule has 0 amide bonds. The van der Waals surface area contributed by atoms with Crippen LogP contribution in [-0.4, -0.2) is 0 Å². The normalized spacial score (nSPS) is 21.6. The Morgan fingerprint density at radius 1 is 1.16 bits per heavy atom. The predicted molar refractivity (Wildman–Crippen MR) is 76.8 cm³/mol. The first kappa shape index (κ1) is 12.2. The summed E-state index contributed by atoms with van der Waals surface area (Å²) >= 11 is 0. The van der Waals surface area contributed by atoms with E-state index in [0.29, 0.717) is 5.92 Å². The summed E-state index contributed by atoms with van der Waals surface area (Å²) in [5, 5.41) is 3.55. The third-order valence-corrected chi connectivity index (χ3v) is 3.86. The third-order valence-electron chi connectivity index (χ3n) is 3.86. The molecule has 98 valence electrons. The fourth-order valence-corrected chi connectivity index (χ4v) is 2.97. The Kier molecular flexibility index (Phi) is 3.02. The highest BCUT2D eigenvalue weighted by Crippen LogP contribution is 2.36. The first-order valence-electron chi connectivity index (χ1n) is 6.75. The highest BCUT2D eigenvalue weighted by atomic mass is 19.1. The van der Waals surface area contributed by atoms with Gasteiger partial charge in [-0.1, -0.05) is 31.2 Å². The lowest BCUT2D eigenvalue weighted by Gasteiger charge is -2.33. The van der Waals surface area contributed by atoms with Gasteiger partial charge in [0, 0.05) is 5.69 Å². The quantitative estimate of drug-likeness (QED) is 0.792. The zero-order valence-electron chi connectivity index (χ0n) is 11.3. The Labute approximate surface area is 113 Å². The van der Waals surface area contributed by atoms with Gasteiger partial charge in [-0.15, -0.1) is 0 Å². The van der Waals surface area contributed by atoms with Crippen LogP contribution >= 0.6 is 0 Å². The summed E-state index contributed by atoms with van der Waals surface area (Å²) in [7, 11) is 0. The molecule has 0 aliphatic carbocycles. The number of halogens is 1. The summed E-state index contributed by atoms with van der Waals surface area (Å²) in [5.74, 6) is 0.305. The van der Waals surface area contributed by atoms with Gasteiger partial charge >= 0.3 is 0 Å². The number of aryl methyl sites for hydroxylation is 1. The Bertz CT molecular complexity index is 586. The largest absolute Gasteiger partial charge is 0.378 e. The van der Waals surface area contributed by atoms with E-state index >= 15 is 0 Å². The van der Waals surface area contributed by atoms with Crippen LogP contribution in [0.4, 0.5) is 10.1 Å². The van der Waals surface area contributed by atoms with Crippen molar-refractivity contribution in [3.8, 4) is 0 Å². The van der Waals surface area contributed by atoms with Crippen molar-refractivity contribution in [2.24, 2.45) is 5.92 Å². The van der Waals surface area contributed by atoms with E-state index in [1.165, 1.54) is 11.3 Å². The van der Waals surface area contributed by atoms with E-state index in [0.717, 1.165) is 17.5 Å². The van der Waals surface area contributed by atoms with Crippen LogP contribution in [0.3, 0.4) is 0 Å². The summed E-state index contributed by atoms with van der Waals surface area (Å²) in [6, 6.07) is 13.8. The average molecular weight is 255 g/mol. The molecule has 1 aliphatic rings. The van der Waals surface area contributed by atoms with Gasteiger partial charge in [-0.3, -0.25) is 0 Å². The number of nitrogens with one attached hydrogen (secondary N) is 1. The van der Waals surface area contributed by atoms with Crippen molar-refractivity contribution >= 4 is 5.69 Å². The highest BCUT2D eigenvalue weighted by Gasteiger charge is 2.26. The van der Waals surface area contributed by atoms with Crippen LogP contribution < -0.4 is 5.32 Å². The van der Waals surface area contributed by atoms with Gasteiger partial charge in [0.1, 0.15) is 5.82 Å². The molecule has 2 aromatic carbocycles. The van der Waals surface area contributed by atoms with Crippen molar-refractivity contribution in [1.82, 2.24) is 0 Å². The molecule has 1 nitrogen and oxygen atoms in total. The minimum atomic E-state index is -0.150. The molecule has 19 heavy (non-hydrogen) atoms. The molecule has 0 spiro atoms. The summed E-state index contributed by atoms with van der Waals surface area (Å²) in [6.07, 6.45) is 1.03. The van der Waals surface area contributed by atoms with E-state index < -0.39 is 0 Å². The van der Waals surface area contributed by atoms with Crippen molar-refractivity contribution in [2.75, 3.05) is 5.32 Å². The van der Waals surface area contributed by atoms with Gasteiger partial charge in [0.25, 0.3) is 0 Å². The second kappa shape index (κ2) is 4.69. The van der Waals surface area contributed by atoms with Gasteiger partial charge in [0.15, 0.2) is 0 Å². The number of anilines is 1. The number of para-hydroxylation sites is 1. The number of hydrogen-bond acceptors (Lipinski definition) is 1. The molecule has 0 fully saturated rings.